The lowest BCUT2D eigenvalue weighted by Gasteiger charge is -2.09. The fourth-order valence-electron chi connectivity index (χ4n) is 2.15. The summed E-state index contributed by atoms with van der Waals surface area (Å²) in [5.41, 5.74) is 2.00. The van der Waals surface area contributed by atoms with Gasteiger partial charge in [0.05, 0.1) is 5.69 Å². The lowest BCUT2D eigenvalue weighted by atomic mass is 10.2. The van der Waals surface area contributed by atoms with Gasteiger partial charge in [-0.2, -0.15) is 0 Å². The molecule has 0 aliphatic rings. The second-order valence-corrected chi connectivity index (χ2v) is 5.76. The first-order chi connectivity index (χ1) is 9.78. The molecule has 0 aliphatic heterocycles. The van der Waals surface area contributed by atoms with Crippen molar-refractivity contribution in [3.05, 3.63) is 41.4 Å². The second kappa shape index (κ2) is 5.77. The number of rotatable bonds is 5. The minimum absolute atomic E-state index is 0.282. The van der Waals surface area contributed by atoms with Crippen LogP contribution in [0.4, 0.5) is 0 Å². The highest BCUT2D eigenvalue weighted by Crippen LogP contribution is 2.31. The molecule has 0 bridgehead atoms. The lowest BCUT2D eigenvalue weighted by molar-refractivity contribution is 0.560. The van der Waals surface area contributed by atoms with Gasteiger partial charge in [-0.05, 0) is 32.0 Å². The summed E-state index contributed by atoms with van der Waals surface area (Å²) in [6.07, 6.45) is 1.13. The fraction of sp³-hybridized carbons (Fsp3) is 0.312. The molecule has 0 fully saturated rings. The van der Waals surface area contributed by atoms with Gasteiger partial charge in [0.1, 0.15) is 5.58 Å². The van der Waals surface area contributed by atoms with E-state index >= 15 is 0 Å². The number of nitrogens with one attached hydrogen (secondary N) is 1. The van der Waals surface area contributed by atoms with Crippen molar-refractivity contribution in [3.63, 3.8) is 0 Å². The van der Waals surface area contributed by atoms with Gasteiger partial charge in [0.15, 0.2) is 10.8 Å². The smallest absolute Gasteiger partial charge is 0.164 e. The van der Waals surface area contributed by atoms with Crippen LogP contribution >= 0.6 is 11.3 Å². The Kier molecular flexibility index (Phi) is 3.85. The van der Waals surface area contributed by atoms with Gasteiger partial charge in [-0.3, -0.25) is 0 Å². The molecule has 0 radical (unpaired) electrons. The zero-order chi connectivity index (χ0) is 13.9. The molecule has 104 valence electrons. The van der Waals surface area contributed by atoms with Gasteiger partial charge in [-0.15, -0.1) is 11.3 Å². The maximum atomic E-state index is 5.86. The quantitative estimate of drug-likeness (QED) is 0.744. The van der Waals surface area contributed by atoms with Gasteiger partial charge >= 0.3 is 0 Å². The Morgan fingerprint density at radius 3 is 3.00 bits per heavy atom. The maximum Gasteiger partial charge on any atom is 0.164 e. The van der Waals surface area contributed by atoms with Crippen LogP contribution in [0.3, 0.4) is 0 Å². The Balaban J connectivity index is 1.85. The third kappa shape index (κ3) is 2.62. The van der Waals surface area contributed by atoms with Crippen molar-refractivity contribution >= 4 is 22.3 Å². The Morgan fingerprint density at radius 2 is 2.20 bits per heavy atom. The summed E-state index contributed by atoms with van der Waals surface area (Å²) in [4.78, 5) is 4.69. The molecule has 1 aromatic carbocycles. The number of para-hydroxylation sites is 1. The van der Waals surface area contributed by atoms with Crippen LogP contribution in [0, 0.1) is 0 Å². The zero-order valence-corrected chi connectivity index (χ0v) is 12.5. The Bertz CT molecular complexity index is 668. The zero-order valence-electron chi connectivity index (χ0n) is 11.7. The van der Waals surface area contributed by atoms with E-state index in [9.17, 15) is 0 Å². The highest BCUT2D eigenvalue weighted by Gasteiger charge is 2.13. The first-order valence-electron chi connectivity index (χ1n) is 6.95. The minimum Gasteiger partial charge on any atom is -0.454 e. The summed E-state index contributed by atoms with van der Waals surface area (Å²) in [6.45, 7) is 5.33. The van der Waals surface area contributed by atoms with Crippen LogP contribution in [0.15, 0.2) is 40.1 Å². The number of thiazole rings is 1. The number of benzene rings is 1. The predicted octanol–water partition coefficient (Wildman–Crippen LogP) is 4.62. The van der Waals surface area contributed by atoms with E-state index in [2.05, 4.69) is 36.7 Å². The van der Waals surface area contributed by atoms with Crippen LogP contribution in [0.5, 0.6) is 0 Å². The fourth-order valence-corrected chi connectivity index (χ4v) is 3.01. The maximum absolute atomic E-state index is 5.86. The number of aromatic nitrogens is 1. The Labute approximate surface area is 122 Å². The molecule has 0 aliphatic carbocycles. The molecule has 20 heavy (non-hydrogen) atoms. The molecule has 1 unspecified atom stereocenters. The summed E-state index contributed by atoms with van der Waals surface area (Å²) >= 11 is 1.63. The van der Waals surface area contributed by atoms with E-state index in [1.54, 1.807) is 11.3 Å². The molecule has 0 amide bonds. The summed E-state index contributed by atoms with van der Waals surface area (Å²) in [5, 5.41) is 7.63. The van der Waals surface area contributed by atoms with Gasteiger partial charge in [-0.1, -0.05) is 25.1 Å². The van der Waals surface area contributed by atoms with Crippen molar-refractivity contribution in [1.82, 2.24) is 10.3 Å². The van der Waals surface area contributed by atoms with Crippen LogP contribution in [0.25, 0.3) is 21.7 Å². The summed E-state index contributed by atoms with van der Waals surface area (Å²) in [6, 6.07) is 10.4. The average Bonchev–Trinajstić information content (AvgIpc) is 3.10. The minimum atomic E-state index is 0.282. The van der Waals surface area contributed by atoms with Gasteiger partial charge in [0, 0.05) is 16.8 Å². The molecule has 0 saturated carbocycles. The third-order valence-corrected chi connectivity index (χ3v) is 4.18. The largest absolute Gasteiger partial charge is 0.454 e. The predicted molar refractivity (Wildman–Crippen MR) is 84.0 cm³/mol. The second-order valence-electron chi connectivity index (χ2n) is 4.90. The van der Waals surface area contributed by atoms with E-state index in [1.165, 1.54) is 0 Å². The molecule has 4 heteroatoms. The summed E-state index contributed by atoms with van der Waals surface area (Å²) in [7, 11) is 0. The Hall–Kier alpha value is -1.65. The SMILES string of the molecule is CCCNC(C)c1csc(-c2cc3ccccc3o2)n1. The molecule has 3 aromatic rings. The number of furan rings is 1. The van der Waals surface area contributed by atoms with Gasteiger partial charge in [0.25, 0.3) is 0 Å². The van der Waals surface area contributed by atoms with E-state index < -0.39 is 0 Å². The van der Waals surface area contributed by atoms with E-state index in [4.69, 9.17) is 9.40 Å². The number of hydrogen-bond donors (Lipinski definition) is 1. The van der Waals surface area contributed by atoms with Crippen molar-refractivity contribution in [2.24, 2.45) is 0 Å². The first-order valence-corrected chi connectivity index (χ1v) is 7.83. The summed E-state index contributed by atoms with van der Waals surface area (Å²) < 4.78 is 5.86. The summed E-state index contributed by atoms with van der Waals surface area (Å²) in [5.74, 6) is 0.852. The van der Waals surface area contributed by atoms with Crippen LogP contribution in [-0.2, 0) is 0 Å². The molecule has 3 nitrogen and oxygen atoms in total. The van der Waals surface area contributed by atoms with Gasteiger partial charge in [-0.25, -0.2) is 4.98 Å². The molecular formula is C16H18N2OS. The topological polar surface area (TPSA) is 38.1 Å². The highest BCUT2D eigenvalue weighted by molar-refractivity contribution is 7.13. The third-order valence-electron chi connectivity index (χ3n) is 3.30. The molecule has 3 rings (SSSR count). The molecule has 0 saturated heterocycles. The van der Waals surface area contributed by atoms with Crippen LogP contribution in [0.2, 0.25) is 0 Å². The van der Waals surface area contributed by atoms with Crippen molar-refractivity contribution in [3.8, 4) is 10.8 Å². The number of fused-ring (bicyclic) bond motifs is 1. The number of nitrogens with zero attached hydrogens (tertiary/aromatic N) is 1. The first kappa shape index (κ1) is 13.3. The highest BCUT2D eigenvalue weighted by atomic mass is 32.1. The van der Waals surface area contributed by atoms with Gasteiger partial charge in [0.2, 0.25) is 0 Å². The van der Waals surface area contributed by atoms with Crippen molar-refractivity contribution in [1.29, 1.82) is 0 Å². The van der Waals surface area contributed by atoms with Crippen LogP contribution in [-0.4, -0.2) is 11.5 Å². The van der Waals surface area contributed by atoms with Crippen molar-refractivity contribution in [2.75, 3.05) is 6.54 Å². The van der Waals surface area contributed by atoms with E-state index in [0.717, 1.165) is 40.4 Å². The molecule has 1 N–H and O–H groups in total. The van der Waals surface area contributed by atoms with E-state index in [1.807, 2.05) is 18.2 Å². The van der Waals surface area contributed by atoms with Crippen molar-refractivity contribution < 1.29 is 4.42 Å². The molecule has 2 heterocycles. The molecule has 0 spiro atoms. The Morgan fingerprint density at radius 1 is 1.35 bits per heavy atom. The molecule has 2 aromatic heterocycles. The van der Waals surface area contributed by atoms with Crippen molar-refractivity contribution in [2.45, 2.75) is 26.3 Å². The van der Waals surface area contributed by atoms with Crippen LogP contribution < -0.4 is 5.32 Å². The normalized spacial score (nSPS) is 12.9. The standard InChI is InChI=1S/C16H18N2OS/c1-3-8-17-11(2)13-10-20-16(18-13)15-9-12-6-4-5-7-14(12)19-15/h4-7,9-11,17H,3,8H2,1-2H3. The number of hydrogen-bond acceptors (Lipinski definition) is 4. The van der Waals surface area contributed by atoms with E-state index in [0.29, 0.717) is 0 Å². The lowest BCUT2D eigenvalue weighted by Crippen LogP contribution is -2.19. The monoisotopic (exact) mass is 286 g/mol. The van der Waals surface area contributed by atoms with E-state index in [-0.39, 0.29) is 6.04 Å². The molecular weight excluding hydrogens is 268 g/mol. The van der Waals surface area contributed by atoms with Crippen LogP contribution in [0.1, 0.15) is 32.0 Å². The average molecular weight is 286 g/mol. The molecule has 1 atom stereocenters. The van der Waals surface area contributed by atoms with Gasteiger partial charge < -0.3 is 9.73 Å².